The van der Waals surface area contributed by atoms with Crippen LogP contribution in [0.1, 0.15) is 70.4 Å². The molecular formula is C69H58N10O4. The van der Waals surface area contributed by atoms with Gasteiger partial charge in [-0.15, -0.1) is 0 Å². The number of carbonyl (C=O) groups is 1. The van der Waals surface area contributed by atoms with Crippen LogP contribution in [0.2, 0.25) is 0 Å². The number of furan rings is 2. The van der Waals surface area contributed by atoms with Gasteiger partial charge in [0.1, 0.15) is 39.8 Å². The number of benzene rings is 6. The number of para-hydroxylation sites is 4. The van der Waals surface area contributed by atoms with E-state index in [4.69, 9.17) is 39.2 Å². The van der Waals surface area contributed by atoms with Crippen LogP contribution in [0.5, 0.6) is 0 Å². The molecule has 0 radical (unpaired) electrons. The van der Waals surface area contributed by atoms with Crippen LogP contribution < -0.4 is 21.7 Å². The van der Waals surface area contributed by atoms with Crippen LogP contribution in [-0.4, -0.2) is 40.8 Å². The van der Waals surface area contributed by atoms with Crippen molar-refractivity contribution in [2.45, 2.75) is 76.0 Å². The van der Waals surface area contributed by atoms with Crippen molar-refractivity contribution in [2.75, 3.05) is 10.6 Å². The maximum atomic E-state index is 12.8. The molecule has 0 bridgehead atoms. The van der Waals surface area contributed by atoms with E-state index in [0.29, 0.717) is 5.76 Å². The molecule has 14 nitrogen and oxygen atoms in total. The SMILES string of the molecule is CC(C)(C)OC(=O)NC1(c2ccc(-c3c(-c4cc5ccccc5o4)nc4n3-c3cccnc3Nc3ccccc3-4)cc2)CCC1.NC1(c2ccc(-c3c(-c4cc5ccccc5o4)nc4n3-c3cccnc3Nc3ccccc3-4)cc2)CCC1. The zero-order valence-corrected chi connectivity index (χ0v) is 46.1. The number of aromatic nitrogens is 6. The van der Waals surface area contributed by atoms with Crippen molar-refractivity contribution in [3.63, 3.8) is 0 Å². The third kappa shape index (κ3) is 8.63. The average molecular weight is 1090 g/mol. The first-order chi connectivity index (χ1) is 40.5. The van der Waals surface area contributed by atoms with Crippen molar-refractivity contribution in [1.82, 2.24) is 34.4 Å². The second kappa shape index (κ2) is 19.3. The predicted octanol–water partition coefficient (Wildman–Crippen LogP) is 16.4. The number of carbonyl (C=O) groups excluding carboxylic acids is 1. The van der Waals surface area contributed by atoms with Gasteiger partial charge in [0.2, 0.25) is 0 Å². The molecule has 0 spiro atoms. The average Bonchev–Trinajstić information content (AvgIpc) is 3.56. The van der Waals surface area contributed by atoms with Crippen molar-refractivity contribution in [3.8, 4) is 79.6 Å². The van der Waals surface area contributed by atoms with E-state index in [-0.39, 0.29) is 5.54 Å². The Kier molecular flexibility index (Phi) is 11.6. The van der Waals surface area contributed by atoms with Gasteiger partial charge in [0.25, 0.3) is 0 Å². The van der Waals surface area contributed by atoms with Crippen molar-refractivity contribution in [2.24, 2.45) is 5.73 Å². The summed E-state index contributed by atoms with van der Waals surface area (Å²) in [4.78, 5) is 32.8. The Hall–Kier alpha value is -10.1. The van der Waals surface area contributed by atoms with Crippen LogP contribution in [0.25, 0.3) is 102 Å². The van der Waals surface area contributed by atoms with Crippen LogP contribution in [0.4, 0.5) is 27.8 Å². The third-order valence-corrected chi connectivity index (χ3v) is 16.6. The standard InChI is InChI=1S/C37H33N5O3.C32H25N5O/c1-36(2,3)45-35(43)41-37(19-9-20-37)25-17-15-23(16-18-25)32-31(30-22-24-10-4-7-14-29(24)44-30)40-34-26-11-5-6-12-27(26)39-33-28(42(32)34)13-8-21-38-33;33-32(16-6-17-32)22-14-12-20(13-15-22)29-28(27-19-21-7-1-4-11-26(21)38-27)36-31-23-8-2-3-9-24(23)35-30-25(37(29)31)10-5-18-34-30/h4-8,10-18,21-22H,9,19-20H2,1-3H3,(H,38,39)(H,41,43);1-5,7-15,18-19H,6,16-17,33H2,(H,34,35). The molecule has 2 saturated carbocycles. The molecule has 408 valence electrons. The monoisotopic (exact) mass is 1090 g/mol. The first-order valence-corrected chi connectivity index (χ1v) is 28.3. The molecule has 2 fully saturated rings. The van der Waals surface area contributed by atoms with Gasteiger partial charge < -0.3 is 35.3 Å². The molecule has 12 aromatic rings. The number of hydrogen-bond donors (Lipinski definition) is 4. The molecule has 6 aromatic heterocycles. The summed E-state index contributed by atoms with van der Waals surface area (Å²) in [5, 5.41) is 12.3. The molecular weight excluding hydrogens is 1030 g/mol. The van der Waals surface area contributed by atoms with Crippen LogP contribution in [-0.2, 0) is 15.8 Å². The van der Waals surface area contributed by atoms with Crippen LogP contribution in [0, 0.1) is 0 Å². The Morgan fingerprint density at radius 2 is 1.02 bits per heavy atom. The smallest absolute Gasteiger partial charge is 0.408 e. The Balaban J connectivity index is 0.000000144. The zero-order chi connectivity index (χ0) is 56.0. The lowest BCUT2D eigenvalue weighted by Crippen LogP contribution is -2.52. The van der Waals surface area contributed by atoms with E-state index in [1.54, 1.807) is 6.20 Å². The van der Waals surface area contributed by atoms with E-state index < -0.39 is 17.2 Å². The Labute approximate surface area is 479 Å². The highest BCUT2D eigenvalue weighted by Crippen LogP contribution is 2.49. The fourth-order valence-electron chi connectivity index (χ4n) is 12.2. The lowest BCUT2D eigenvalue weighted by Gasteiger charge is -2.43. The van der Waals surface area contributed by atoms with Gasteiger partial charge in [-0.2, -0.15) is 0 Å². The van der Waals surface area contributed by atoms with Crippen molar-refractivity contribution in [1.29, 1.82) is 0 Å². The van der Waals surface area contributed by atoms with Gasteiger partial charge in [0.15, 0.2) is 23.2 Å². The highest BCUT2D eigenvalue weighted by atomic mass is 16.6. The normalized spacial score (nSPS) is 14.9. The fourth-order valence-corrected chi connectivity index (χ4v) is 12.2. The first-order valence-electron chi connectivity index (χ1n) is 28.3. The molecule has 83 heavy (non-hydrogen) atoms. The van der Waals surface area contributed by atoms with E-state index in [2.05, 4.69) is 122 Å². The van der Waals surface area contributed by atoms with Gasteiger partial charge in [-0.3, -0.25) is 9.13 Å². The number of hydrogen-bond acceptors (Lipinski definition) is 11. The molecule has 2 aliphatic heterocycles. The minimum absolute atomic E-state index is 0.214. The van der Waals surface area contributed by atoms with Gasteiger partial charge in [0, 0.05) is 51.0 Å². The summed E-state index contributed by atoms with van der Waals surface area (Å²) in [5.41, 5.74) is 20.4. The summed E-state index contributed by atoms with van der Waals surface area (Å²) in [6.45, 7) is 5.64. The second-order valence-electron chi connectivity index (χ2n) is 23.0. The molecule has 5 N–H and O–H groups in total. The third-order valence-electron chi connectivity index (χ3n) is 16.6. The lowest BCUT2D eigenvalue weighted by atomic mass is 9.71. The predicted molar refractivity (Wildman–Crippen MR) is 326 cm³/mol. The van der Waals surface area contributed by atoms with Gasteiger partial charge in [0.05, 0.1) is 39.7 Å². The van der Waals surface area contributed by atoms with E-state index in [9.17, 15) is 4.79 Å². The molecule has 2 aliphatic carbocycles. The molecule has 16 rings (SSSR count). The first kappa shape index (κ1) is 50.0. The van der Waals surface area contributed by atoms with Gasteiger partial charge in [-0.25, -0.2) is 24.7 Å². The summed E-state index contributed by atoms with van der Waals surface area (Å²) in [6.07, 6.45) is 9.21. The maximum Gasteiger partial charge on any atom is 0.408 e. The summed E-state index contributed by atoms with van der Waals surface area (Å²) < 4.78 is 22.8. The van der Waals surface area contributed by atoms with Crippen molar-refractivity contribution < 1.29 is 18.4 Å². The summed E-state index contributed by atoms with van der Waals surface area (Å²) >= 11 is 0. The Bertz CT molecular complexity index is 4430. The number of amides is 1. The number of nitrogens with zero attached hydrogens (tertiary/aromatic N) is 6. The largest absolute Gasteiger partial charge is 0.454 e. The number of rotatable bonds is 7. The van der Waals surface area contributed by atoms with E-state index in [1.165, 1.54) is 12.0 Å². The van der Waals surface area contributed by atoms with Crippen LogP contribution >= 0.6 is 0 Å². The number of nitrogens with one attached hydrogen (secondary N) is 3. The van der Waals surface area contributed by atoms with Crippen LogP contribution in [0.3, 0.4) is 0 Å². The number of fused-ring (bicyclic) bond motifs is 12. The molecule has 8 heterocycles. The van der Waals surface area contributed by atoms with E-state index >= 15 is 0 Å². The number of pyridine rings is 2. The van der Waals surface area contributed by atoms with Gasteiger partial charge >= 0.3 is 6.09 Å². The molecule has 0 saturated heterocycles. The highest BCUT2D eigenvalue weighted by molar-refractivity contribution is 5.94. The minimum atomic E-state index is -0.565. The summed E-state index contributed by atoms with van der Waals surface area (Å²) in [6, 6.07) is 61.7. The fraction of sp³-hybridized carbons (Fsp3) is 0.174. The number of alkyl carbamates (subject to hydrolysis) is 1. The summed E-state index contributed by atoms with van der Waals surface area (Å²) in [7, 11) is 0. The Morgan fingerprint density at radius 3 is 1.47 bits per heavy atom. The van der Waals surface area contributed by atoms with E-state index in [1.807, 2.05) is 112 Å². The molecule has 0 unspecified atom stereocenters. The van der Waals surface area contributed by atoms with Gasteiger partial charge in [-0.05, 0) is 143 Å². The van der Waals surface area contributed by atoms with E-state index in [0.717, 1.165) is 156 Å². The molecule has 14 heteroatoms. The highest BCUT2D eigenvalue weighted by Gasteiger charge is 2.42. The molecule has 1 amide bonds. The van der Waals surface area contributed by atoms with Crippen molar-refractivity contribution in [3.05, 3.63) is 206 Å². The molecule has 4 aliphatic rings. The summed E-state index contributed by atoms with van der Waals surface area (Å²) in [5.74, 6) is 4.57. The topological polar surface area (TPSA) is 176 Å². The maximum absolute atomic E-state index is 12.8. The number of nitrogens with two attached hydrogens (primary N) is 1. The lowest BCUT2D eigenvalue weighted by molar-refractivity contribution is 0.0377. The molecule has 6 aromatic carbocycles. The number of ether oxygens (including phenoxy) is 1. The molecule has 0 atom stereocenters. The minimum Gasteiger partial charge on any atom is -0.454 e. The quantitative estimate of drug-likeness (QED) is 0.119. The van der Waals surface area contributed by atoms with Crippen molar-refractivity contribution >= 4 is 51.0 Å². The Morgan fingerprint density at radius 1 is 0.566 bits per heavy atom. The number of anilines is 4. The second-order valence-corrected chi connectivity index (χ2v) is 23.0. The zero-order valence-electron chi connectivity index (χ0n) is 46.1. The van der Waals surface area contributed by atoms with Gasteiger partial charge in [-0.1, -0.05) is 109 Å². The van der Waals surface area contributed by atoms with Crippen LogP contribution in [0.15, 0.2) is 203 Å². The number of imidazole rings is 2.